The Morgan fingerprint density at radius 1 is 1.11 bits per heavy atom. The first-order valence-electron chi connectivity index (χ1n) is 9.50. The molecule has 0 N–H and O–H groups in total. The average Bonchev–Trinajstić information content (AvgIpc) is 2.72. The van der Waals surface area contributed by atoms with Gasteiger partial charge in [-0.05, 0) is 54.5 Å². The van der Waals surface area contributed by atoms with Crippen LogP contribution in [0, 0.1) is 6.92 Å². The highest BCUT2D eigenvalue weighted by Gasteiger charge is 2.20. The lowest BCUT2D eigenvalue weighted by Crippen LogP contribution is -2.48. The second-order valence-electron chi connectivity index (χ2n) is 7.17. The van der Waals surface area contributed by atoms with Gasteiger partial charge in [-0.2, -0.15) is 0 Å². The van der Waals surface area contributed by atoms with Gasteiger partial charge < -0.3 is 14.5 Å². The number of hydrogen-bond donors (Lipinski definition) is 0. The van der Waals surface area contributed by atoms with Gasteiger partial charge in [0.05, 0.1) is 0 Å². The van der Waals surface area contributed by atoms with Gasteiger partial charge >= 0.3 is 0 Å². The number of aryl methyl sites for hydroxylation is 1. The molecule has 0 bridgehead atoms. The fourth-order valence-corrected chi connectivity index (χ4v) is 3.74. The zero-order chi connectivity index (χ0) is 19.5. The van der Waals surface area contributed by atoms with Crippen LogP contribution in [-0.4, -0.2) is 43.6 Å². The summed E-state index contributed by atoms with van der Waals surface area (Å²) in [4.78, 5) is 16.8. The topological polar surface area (TPSA) is 32.8 Å². The summed E-state index contributed by atoms with van der Waals surface area (Å²) in [6, 6.07) is 14.1. The van der Waals surface area contributed by atoms with Gasteiger partial charge in [-0.1, -0.05) is 29.8 Å². The molecule has 1 saturated heterocycles. The van der Waals surface area contributed by atoms with E-state index in [2.05, 4.69) is 36.1 Å². The van der Waals surface area contributed by atoms with Crippen LogP contribution < -0.4 is 9.64 Å². The molecule has 2 heterocycles. The first-order valence-corrected chi connectivity index (χ1v) is 9.88. The summed E-state index contributed by atoms with van der Waals surface area (Å²) in [5.41, 5.74) is 4.38. The molecule has 0 aliphatic carbocycles. The van der Waals surface area contributed by atoms with Crippen LogP contribution in [-0.2, 0) is 4.79 Å². The Bertz CT molecular complexity index is 943. The molecule has 2 aliphatic rings. The molecule has 0 unspecified atom stereocenters. The fourth-order valence-electron chi connectivity index (χ4n) is 3.56. The molecule has 28 heavy (non-hydrogen) atoms. The van der Waals surface area contributed by atoms with Crippen molar-refractivity contribution in [3.63, 3.8) is 0 Å². The summed E-state index contributed by atoms with van der Waals surface area (Å²) in [6.45, 7) is 5.71. The first-order chi connectivity index (χ1) is 13.6. The van der Waals surface area contributed by atoms with E-state index in [-0.39, 0.29) is 5.91 Å². The summed E-state index contributed by atoms with van der Waals surface area (Å²) in [6.07, 6.45) is 5.51. The van der Waals surface area contributed by atoms with Crippen molar-refractivity contribution in [3.05, 3.63) is 76.3 Å². The van der Waals surface area contributed by atoms with Gasteiger partial charge in [-0.3, -0.25) is 4.79 Å². The molecule has 0 aromatic heterocycles. The lowest BCUT2D eigenvalue weighted by atomic mass is 10.1. The van der Waals surface area contributed by atoms with Crippen LogP contribution in [0.5, 0.6) is 5.75 Å². The zero-order valence-corrected chi connectivity index (χ0v) is 16.7. The van der Waals surface area contributed by atoms with Crippen LogP contribution in [0.2, 0.25) is 5.02 Å². The van der Waals surface area contributed by atoms with E-state index in [4.69, 9.17) is 16.3 Å². The maximum Gasteiger partial charge on any atom is 0.246 e. The minimum atomic E-state index is 0.0432. The molecule has 0 radical (unpaired) electrons. The van der Waals surface area contributed by atoms with Crippen molar-refractivity contribution >= 4 is 29.3 Å². The number of amides is 1. The van der Waals surface area contributed by atoms with Crippen molar-refractivity contribution in [1.82, 2.24) is 4.90 Å². The number of hydrogen-bond acceptors (Lipinski definition) is 3. The van der Waals surface area contributed by atoms with E-state index in [0.29, 0.717) is 11.6 Å². The maximum atomic E-state index is 12.6. The van der Waals surface area contributed by atoms with Crippen molar-refractivity contribution in [2.75, 3.05) is 37.7 Å². The van der Waals surface area contributed by atoms with Crippen LogP contribution in [0.4, 0.5) is 5.69 Å². The molecule has 2 aliphatic heterocycles. The second kappa shape index (κ2) is 8.11. The number of ether oxygens (including phenoxy) is 1. The molecule has 0 spiro atoms. The largest absolute Gasteiger partial charge is 0.488 e. The first kappa shape index (κ1) is 18.6. The van der Waals surface area contributed by atoms with E-state index in [1.165, 1.54) is 11.3 Å². The van der Waals surface area contributed by atoms with Gasteiger partial charge in [0.15, 0.2) is 0 Å². The molecule has 4 rings (SSSR count). The highest BCUT2D eigenvalue weighted by atomic mass is 35.5. The van der Waals surface area contributed by atoms with E-state index in [9.17, 15) is 4.79 Å². The molecule has 5 heteroatoms. The number of benzene rings is 2. The lowest BCUT2D eigenvalue weighted by Gasteiger charge is -2.35. The normalized spacial score (nSPS) is 16.6. The highest BCUT2D eigenvalue weighted by Crippen LogP contribution is 2.29. The Morgan fingerprint density at radius 2 is 1.93 bits per heavy atom. The third-order valence-electron chi connectivity index (χ3n) is 5.11. The molecule has 1 amide bonds. The Balaban J connectivity index is 1.36. The Kier molecular flexibility index (Phi) is 5.40. The molecule has 1 fully saturated rings. The van der Waals surface area contributed by atoms with Crippen molar-refractivity contribution in [2.45, 2.75) is 6.92 Å². The van der Waals surface area contributed by atoms with Gasteiger partial charge in [0.1, 0.15) is 12.4 Å². The smallest absolute Gasteiger partial charge is 0.246 e. The summed E-state index contributed by atoms with van der Waals surface area (Å²) in [5.74, 6) is 0.863. The van der Waals surface area contributed by atoms with E-state index >= 15 is 0 Å². The maximum absolute atomic E-state index is 12.6. The Morgan fingerprint density at radius 3 is 2.71 bits per heavy atom. The highest BCUT2D eigenvalue weighted by molar-refractivity contribution is 6.30. The number of fused-ring (bicyclic) bond motifs is 1. The number of piperazine rings is 1. The van der Waals surface area contributed by atoms with Crippen LogP contribution in [0.3, 0.4) is 0 Å². The molecular formula is C23H23ClN2O2. The minimum Gasteiger partial charge on any atom is -0.488 e. The fraction of sp³-hybridized carbons (Fsp3) is 0.261. The third kappa shape index (κ3) is 4.23. The average molecular weight is 395 g/mol. The van der Waals surface area contributed by atoms with E-state index in [0.717, 1.165) is 43.1 Å². The van der Waals surface area contributed by atoms with Crippen molar-refractivity contribution in [2.24, 2.45) is 0 Å². The summed E-state index contributed by atoms with van der Waals surface area (Å²) < 4.78 is 5.73. The standard InChI is InChI=1S/C23H23ClN2O2/c1-17-3-2-4-21(13-17)25-9-11-26(12-10-25)23(27)8-5-18-14-19-15-20(24)6-7-22(19)28-16-18/h2-8,13-15H,9-12,16H2,1H3/b8-5+. The number of nitrogens with zero attached hydrogens (tertiary/aromatic N) is 2. The van der Waals surface area contributed by atoms with Crippen LogP contribution in [0.15, 0.2) is 60.2 Å². The van der Waals surface area contributed by atoms with Crippen molar-refractivity contribution in [3.8, 4) is 5.75 Å². The minimum absolute atomic E-state index is 0.0432. The second-order valence-corrected chi connectivity index (χ2v) is 7.61. The van der Waals surface area contributed by atoms with Gasteiger partial charge in [0.2, 0.25) is 5.91 Å². The predicted molar refractivity (Wildman–Crippen MR) is 114 cm³/mol. The molecule has 0 atom stereocenters. The van der Waals surface area contributed by atoms with Crippen molar-refractivity contribution < 1.29 is 9.53 Å². The van der Waals surface area contributed by atoms with Crippen LogP contribution in [0.1, 0.15) is 11.1 Å². The van der Waals surface area contributed by atoms with E-state index in [1.807, 2.05) is 35.3 Å². The number of carbonyl (C=O) groups excluding carboxylic acids is 1. The molecule has 2 aromatic carbocycles. The quantitative estimate of drug-likeness (QED) is 0.726. The lowest BCUT2D eigenvalue weighted by molar-refractivity contribution is -0.126. The number of anilines is 1. The predicted octanol–water partition coefficient (Wildman–Crippen LogP) is 4.33. The number of halogens is 1. The van der Waals surface area contributed by atoms with Crippen LogP contribution in [0.25, 0.3) is 6.08 Å². The molecule has 4 nitrogen and oxygen atoms in total. The van der Waals surface area contributed by atoms with Crippen LogP contribution >= 0.6 is 11.6 Å². The summed E-state index contributed by atoms with van der Waals surface area (Å²) >= 11 is 6.05. The summed E-state index contributed by atoms with van der Waals surface area (Å²) in [5, 5.41) is 0.673. The summed E-state index contributed by atoms with van der Waals surface area (Å²) in [7, 11) is 0. The van der Waals surface area contributed by atoms with Crippen molar-refractivity contribution in [1.29, 1.82) is 0 Å². The van der Waals surface area contributed by atoms with E-state index in [1.54, 1.807) is 6.08 Å². The van der Waals surface area contributed by atoms with Gasteiger partial charge in [0.25, 0.3) is 0 Å². The van der Waals surface area contributed by atoms with Gasteiger partial charge in [-0.25, -0.2) is 0 Å². The SMILES string of the molecule is Cc1cccc(N2CCN(C(=O)/C=C/C3=Cc4cc(Cl)ccc4OC3)CC2)c1. The molecular weight excluding hydrogens is 372 g/mol. The monoisotopic (exact) mass is 394 g/mol. The Labute approximate surface area is 170 Å². The Hall–Kier alpha value is -2.72. The van der Waals surface area contributed by atoms with Gasteiger partial charge in [-0.15, -0.1) is 0 Å². The van der Waals surface area contributed by atoms with Gasteiger partial charge in [0, 0.05) is 48.5 Å². The molecule has 0 saturated carbocycles. The number of carbonyl (C=O) groups is 1. The molecule has 144 valence electrons. The third-order valence-corrected chi connectivity index (χ3v) is 5.34. The van der Waals surface area contributed by atoms with E-state index < -0.39 is 0 Å². The molecule has 2 aromatic rings. The zero-order valence-electron chi connectivity index (χ0n) is 15.9. The number of rotatable bonds is 3.